The largest absolute Gasteiger partial charge is 0.496 e. The van der Waals surface area contributed by atoms with Crippen LogP contribution in [0.25, 0.3) is 10.9 Å². The van der Waals surface area contributed by atoms with Crippen molar-refractivity contribution in [1.82, 2.24) is 9.97 Å². The van der Waals surface area contributed by atoms with E-state index in [-0.39, 0.29) is 0 Å². The van der Waals surface area contributed by atoms with E-state index in [1.54, 1.807) is 25.2 Å². The molecule has 0 radical (unpaired) electrons. The number of methoxy groups -OCH3 is 1. The summed E-state index contributed by atoms with van der Waals surface area (Å²) in [6.07, 6.45) is 3.63. The lowest BCUT2D eigenvalue weighted by Gasteiger charge is -2.13. The lowest BCUT2D eigenvalue weighted by molar-refractivity contribution is 0.412. The molecule has 26 heavy (non-hydrogen) atoms. The molecule has 0 saturated carbocycles. The van der Waals surface area contributed by atoms with E-state index in [9.17, 15) is 0 Å². The lowest BCUT2D eigenvalue weighted by Crippen LogP contribution is -1.99. The third-order valence-electron chi connectivity index (χ3n) is 3.88. The van der Waals surface area contributed by atoms with Crippen LogP contribution < -0.4 is 15.4 Å². The first kappa shape index (κ1) is 19.8. The van der Waals surface area contributed by atoms with Crippen molar-refractivity contribution in [3.63, 3.8) is 0 Å². The fourth-order valence-electron chi connectivity index (χ4n) is 2.63. The number of anilines is 3. The van der Waals surface area contributed by atoms with Crippen LogP contribution in [0.2, 0.25) is 0 Å². The molecule has 0 aliphatic carbocycles. The minimum absolute atomic E-state index is 0.782. The van der Waals surface area contributed by atoms with Gasteiger partial charge in [-0.25, -0.2) is 9.97 Å². The molecule has 2 aromatic carbocycles. The van der Waals surface area contributed by atoms with Crippen molar-refractivity contribution in [2.45, 2.75) is 25.7 Å². The van der Waals surface area contributed by atoms with E-state index in [0.29, 0.717) is 0 Å². The molecule has 0 bridgehead atoms. The zero-order chi connectivity index (χ0) is 19.1. The Bertz CT molecular complexity index is 883. The summed E-state index contributed by atoms with van der Waals surface area (Å²) in [5.41, 5.74) is 3.97. The first-order valence-electron chi connectivity index (χ1n) is 8.58. The van der Waals surface area contributed by atoms with Crippen LogP contribution in [0.1, 0.15) is 19.4 Å². The minimum Gasteiger partial charge on any atom is -0.496 e. The number of nitrogens with zero attached hydrogens (tertiary/aromatic N) is 2. The van der Waals surface area contributed by atoms with E-state index >= 15 is 0 Å². The molecule has 3 rings (SSSR count). The Balaban J connectivity index is 0.00000117. The van der Waals surface area contributed by atoms with Gasteiger partial charge in [0, 0.05) is 34.8 Å². The van der Waals surface area contributed by atoms with Gasteiger partial charge in [0.2, 0.25) is 0 Å². The topological polar surface area (TPSA) is 59.1 Å². The molecule has 5 nitrogen and oxygen atoms in total. The van der Waals surface area contributed by atoms with Gasteiger partial charge >= 0.3 is 0 Å². The Labute approximate surface area is 159 Å². The molecule has 0 atom stereocenters. The van der Waals surface area contributed by atoms with E-state index in [1.807, 2.05) is 40.0 Å². The van der Waals surface area contributed by atoms with E-state index < -0.39 is 0 Å². The summed E-state index contributed by atoms with van der Waals surface area (Å²) in [5.74, 6) is 1.61. The number of aryl methyl sites for hydroxylation is 1. The van der Waals surface area contributed by atoms with Crippen molar-refractivity contribution in [2.75, 3.05) is 31.0 Å². The molecule has 0 aliphatic heterocycles. The molecule has 1 aromatic heterocycles. The zero-order valence-electron chi connectivity index (χ0n) is 16.2. The molecule has 0 amide bonds. The van der Waals surface area contributed by atoms with E-state index in [1.165, 1.54) is 4.90 Å². The van der Waals surface area contributed by atoms with Crippen LogP contribution in [0.5, 0.6) is 5.75 Å². The van der Waals surface area contributed by atoms with E-state index in [0.717, 1.165) is 39.4 Å². The second-order valence-electron chi connectivity index (χ2n) is 5.35. The summed E-state index contributed by atoms with van der Waals surface area (Å²) in [7, 11) is 3.59. The van der Waals surface area contributed by atoms with Gasteiger partial charge in [0.15, 0.2) is 0 Å². The molecule has 3 aromatic rings. The summed E-state index contributed by atoms with van der Waals surface area (Å²) in [6.45, 7) is 6.02. The van der Waals surface area contributed by atoms with Crippen molar-refractivity contribution < 1.29 is 4.74 Å². The lowest BCUT2D eigenvalue weighted by atomic mass is 10.1. The number of ether oxygens (including phenoxy) is 1. The predicted molar refractivity (Wildman–Crippen MR) is 113 cm³/mol. The Kier molecular flexibility index (Phi) is 7.09. The number of fused-ring (bicyclic) bond motifs is 1. The standard InChI is InChI=1S/C18H20N4OS.C2H6/c1-11-7-13-14(9-16(11)23-3)20-10-21-18(13)22-12-5-6-17(24-4)15(8-12)19-2;1-2/h5-10,19H,1-4H3,(H,20,21,22);1-2H3. The fourth-order valence-corrected chi connectivity index (χ4v) is 3.21. The van der Waals surface area contributed by atoms with E-state index in [4.69, 9.17) is 4.74 Å². The highest BCUT2D eigenvalue weighted by Crippen LogP contribution is 2.32. The van der Waals surface area contributed by atoms with Crippen molar-refractivity contribution >= 4 is 39.9 Å². The van der Waals surface area contributed by atoms with Crippen LogP contribution in [0.4, 0.5) is 17.2 Å². The maximum absolute atomic E-state index is 5.38. The zero-order valence-corrected chi connectivity index (χ0v) is 17.0. The van der Waals surface area contributed by atoms with Crippen LogP contribution in [0.15, 0.2) is 41.6 Å². The van der Waals surface area contributed by atoms with Crippen LogP contribution in [-0.2, 0) is 0 Å². The molecule has 2 N–H and O–H groups in total. The predicted octanol–water partition coefficient (Wildman–Crippen LogP) is 5.48. The Morgan fingerprint density at radius 1 is 1.08 bits per heavy atom. The number of hydrogen-bond donors (Lipinski definition) is 2. The second-order valence-corrected chi connectivity index (χ2v) is 6.20. The molecular weight excluding hydrogens is 344 g/mol. The van der Waals surface area contributed by atoms with Crippen LogP contribution in [0.3, 0.4) is 0 Å². The molecule has 1 heterocycles. The van der Waals surface area contributed by atoms with Gasteiger partial charge in [0.05, 0.1) is 12.6 Å². The number of thioether (sulfide) groups is 1. The SMILES string of the molecule is CC.CNc1cc(Nc2ncnc3cc(OC)c(C)cc23)ccc1SC. The number of rotatable bonds is 5. The van der Waals surface area contributed by atoms with Gasteiger partial charge in [-0.3, -0.25) is 0 Å². The van der Waals surface area contributed by atoms with Crippen molar-refractivity contribution in [2.24, 2.45) is 0 Å². The first-order valence-corrected chi connectivity index (χ1v) is 9.81. The first-order chi connectivity index (χ1) is 12.7. The summed E-state index contributed by atoms with van der Waals surface area (Å²) in [6, 6.07) is 10.2. The summed E-state index contributed by atoms with van der Waals surface area (Å²) in [4.78, 5) is 9.96. The number of aromatic nitrogens is 2. The van der Waals surface area contributed by atoms with Crippen LogP contribution >= 0.6 is 11.8 Å². The molecular formula is C20H26N4OS. The third kappa shape index (κ3) is 4.19. The highest BCUT2D eigenvalue weighted by Gasteiger charge is 2.09. The van der Waals surface area contributed by atoms with Gasteiger partial charge < -0.3 is 15.4 Å². The molecule has 0 spiro atoms. The molecule has 6 heteroatoms. The monoisotopic (exact) mass is 370 g/mol. The van der Waals surface area contributed by atoms with Crippen molar-refractivity contribution in [3.8, 4) is 5.75 Å². The second kappa shape index (κ2) is 9.29. The molecule has 138 valence electrons. The third-order valence-corrected chi connectivity index (χ3v) is 4.68. The molecule has 0 unspecified atom stereocenters. The van der Waals surface area contributed by atoms with Crippen molar-refractivity contribution in [1.29, 1.82) is 0 Å². The van der Waals surface area contributed by atoms with Crippen molar-refractivity contribution in [3.05, 3.63) is 42.2 Å². The van der Waals surface area contributed by atoms with Gasteiger partial charge in [0.25, 0.3) is 0 Å². The van der Waals surface area contributed by atoms with Crippen LogP contribution in [0, 0.1) is 6.92 Å². The summed E-state index contributed by atoms with van der Waals surface area (Å²) < 4.78 is 5.38. The van der Waals surface area contributed by atoms with Gasteiger partial charge in [-0.2, -0.15) is 0 Å². The Hall–Kier alpha value is -2.47. The van der Waals surface area contributed by atoms with Gasteiger partial charge in [-0.1, -0.05) is 13.8 Å². The molecule has 0 saturated heterocycles. The number of benzene rings is 2. The average Bonchev–Trinajstić information content (AvgIpc) is 2.69. The van der Waals surface area contributed by atoms with Gasteiger partial charge in [-0.15, -0.1) is 11.8 Å². The maximum Gasteiger partial charge on any atom is 0.141 e. The van der Waals surface area contributed by atoms with Gasteiger partial charge in [-0.05, 0) is 43.0 Å². The normalized spacial score (nSPS) is 10.1. The quantitative estimate of drug-likeness (QED) is 0.580. The summed E-state index contributed by atoms with van der Waals surface area (Å²) in [5, 5.41) is 7.59. The van der Waals surface area contributed by atoms with E-state index in [2.05, 4.69) is 45.1 Å². The number of nitrogens with one attached hydrogen (secondary N) is 2. The Morgan fingerprint density at radius 2 is 1.85 bits per heavy atom. The Morgan fingerprint density at radius 3 is 2.50 bits per heavy atom. The molecule has 0 fully saturated rings. The van der Waals surface area contributed by atoms with Crippen LogP contribution in [-0.4, -0.2) is 30.4 Å². The molecule has 0 aliphatic rings. The summed E-state index contributed by atoms with van der Waals surface area (Å²) >= 11 is 1.71. The van der Waals surface area contributed by atoms with Gasteiger partial charge in [0.1, 0.15) is 17.9 Å². The fraction of sp³-hybridized carbons (Fsp3) is 0.300. The highest BCUT2D eigenvalue weighted by atomic mass is 32.2. The minimum atomic E-state index is 0.782. The average molecular weight is 371 g/mol. The maximum atomic E-state index is 5.38. The number of hydrogen-bond acceptors (Lipinski definition) is 6. The smallest absolute Gasteiger partial charge is 0.141 e. The highest BCUT2D eigenvalue weighted by molar-refractivity contribution is 7.98.